The number of halogens is 1. The molecule has 0 bridgehead atoms. The van der Waals surface area contributed by atoms with Gasteiger partial charge in [-0.25, -0.2) is 4.79 Å². The Hall–Kier alpha value is -3.39. The third kappa shape index (κ3) is 4.86. The first-order chi connectivity index (χ1) is 13.4. The van der Waals surface area contributed by atoms with Crippen LogP contribution in [-0.4, -0.2) is 28.3 Å². The number of aromatic nitrogens is 2. The van der Waals surface area contributed by atoms with Crippen molar-refractivity contribution in [1.29, 1.82) is 0 Å². The standard InChI is InChI=1S/C19H16ClN3O5/c1-12-9-14(20)7-8-15(12)21-16(24)11-27-17(25)10-23-19(26)28-18(22-23)13-5-3-2-4-6-13/h2-9H,10-11H2,1H3,(H,21,24). The number of anilines is 1. The lowest BCUT2D eigenvalue weighted by Crippen LogP contribution is -2.26. The molecular formula is C19H16ClN3O5. The summed E-state index contributed by atoms with van der Waals surface area (Å²) >= 11 is 5.86. The van der Waals surface area contributed by atoms with Crippen LogP contribution in [-0.2, 0) is 20.9 Å². The number of aryl methyl sites for hydroxylation is 1. The Labute approximate surface area is 164 Å². The summed E-state index contributed by atoms with van der Waals surface area (Å²) in [6.45, 7) is 0.816. The van der Waals surface area contributed by atoms with Gasteiger partial charge in [-0.2, -0.15) is 4.68 Å². The fourth-order valence-electron chi connectivity index (χ4n) is 2.37. The largest absolute Gasteiger partial charge is 0.454 e. The van der Waals surface area contributed by atoms with Crippen molar-refractivity contribution in [1.82, 2.24) is 9.78 Å². The molecule has 2 aromatic carbocycles. The molecular weight excluding hydrogens is 386 g/mol. The van der Waals surface area contributed by atoms with E-state index < -0.39 is 30.8 Å². The smallest absolute Gasteiger partial charge is 0.437 e. The van der Waals surface area contributed by atoms with Crippen molar-refractivity contribution in [3.63, 3.8) is 0 Å². The fraction of sp³-hybridized carbons (Fsp3) is 0.158. The molecule has 0 aliphatic rings. The maximum absolute atomic E-state index is 11.9. The molecule has 0 spiro atoms. The molecule has 8 nitrogen and oxygen atoms in total. The van der Waals surface area contributed by atoms with E-state index in [4.69, 9.17) is 20.8 Å². The summed E-state index contributed by atoms with van der Waals surface area (Å²) in [6.07, 6.45) is 0. The van der Waals surface area contributed by atoms with E-state index in [2.05, 4.69) is 10.4 Å². The van der Waals surface area contributed by atoms with E-state index in [1.165, 1.54) is 0 Å². The van der Waals surface area contributed by atoms with Gasteiger partial charge in [0.1, 0.15) is 6.54 Å². The Morgan fingerprint density at radius 1 is 1.21 bits per heavy atom. The number of esters is 1. The highest BCUT2D eigenvalue weighted by Gasteiger charge is 2.15. The number of carbonyl (C=O) groups excluding carboxylic acids is 2. The van der Waals surface area contributed by atoms with Crippen molar-refractivity contribution in [3.05, 3.63) is 69.7 Å². The van der Waals surface area contributed by atoms with E-state index in [1.54, 1.807) is 49.4 Å². The van der Waals surface area contributed by atoms with Gasteiger partial charge in [-0.1, -0.05) is 29.8 Å². The molecule has 9 heteroatoms. The first kappa shape index (κ1) is 19.4. The van der Waals surface area contributed by atoms with Gasteiger partial charge in [-0.15, -0.1) is 5.10 Å². The van der Waals surface area contributed by atoms with E-state index in [9.17, 15) is 14.4 Å². The first-order valence-electron chi connectivity index (χ1n) is 8.27. The molecule has 0 aliphatic heterocycles. The second kappa shape index (κ2) is 8.53. The lowest BCUT2D eigenvalue weighted by Gasteiger charge is -2.09. The van der Waals surface area contributed by atoms with Gasteiger partial charge in [-0.3, -0.25) is 9.59 Å². The van der Waals surface area contributed by atoms with Crippen LogP contribution in [0.15, 0.2) is 57.7 Å². The number of nitrogens with one attached hydrogen (secondary N) is 1. The number of ether oxygens (including phenoxy) is 1. The molecule has 28 heavy (non-hydrogen) atoms. The molecule has 0 fully saturated rings. The minimum absolute atomic E-state index is 0.0920. The van der Waals surface area contributed by atoms with Crippen molar-refractivity contribution in [3.8, 4) is 11.5 Å². The molecule has 144 valence electrons. The number of amides is 1. The van der Waals surface area contributed by atoms with Crippen LogP contribution >= 0.6 is 11.6 Å². The molecule has 1 heterocycles. The number of hydrogen-bond donors (Lipinski definition) is 1. The minimum atomic E-state index is -0.794. The maximum Gasteiger partial charge on any atom is 0.437 e. The monoisotopic (exact) mass is 401 g/mol. The molecule has 3 rings (SSSR count). The number of benzene rings is 2. The number of carbonyl (C=O) groups is 2. The van der Waals surface area contributed by atoms with Crippen LogP contribution < -0.4 is 11.1 Å². The molecule has 0 atom stereocenters. The fourth-order valence-corrected chi connectivity index (χ4v) is 2.60. The van der Waals surface area contributed by atoms with Gasteiger partial charge in [0, 0.05) is 16.3 Å². The van der Waals surface area contributed by atoms with Gasteiger partial charge in [0.2, 0.25) is 5.89 Å². The molecule has 1 amide bonds. The van der Waals surface area contributed by atoms with Crippen molar-refractivity contribution >= 4 is 29.2 Å². The predicted octanol–water partition coefficient (Wildman–Crippen LogP) is 2.65. The topological polar surface area (TPSA) is 103 Å². The highest BCUT2D eigenvalue weighted by Crippen LogP contribution is 2.19. The van der Waals surface area contributed by atoms with Crippen molar-refractivity contribution in [2.24, 2.45) is 0 Å². The minimum Gasteiger partial charge on any atom is -0.454 e. The predicted molar refractivity (Wildman–Crippen MR) is 102 cm³/mol. The van der Waals surface area contributed by atoms with Crippen LogP contribution in [0.5, 0.6) is 0 Å². The number of rotatable bonds is 6. The summed E-state index contributed by atoms with van der Waals surface area (Å²) in [5.41, 5.74) is 1.94. The second-order valence-corrected chi connectivity index (χ2v) is 6.30. The van der Waals surface area contributed by atoms with E-state index in [0.29, 0.717) is 16.3 Å². The second-order valence-electron chi connectivity index (χ2n) is 5.86. The Kier molecular flexibility index (Phi) is 5.90. The van der Waals surface area contributed by atoms with Gasteiger partial charge >= 0.3 is 11.7 Å². The van der Waals surface area contributed by atoms with Crippen LogP contribution in [0.1, 0.15) is 5.56 Å². The zero-order chi connectivity index (χ0) is 20.1. The molecule has 0 aliphatic carbocycles. The number of hydrogen-bond acceptors (Lipinski definition) is 6. The van der Waals surface area contributed by atoms with Gasteiger partial charge in [0.25, 0.3) is 5.91 Å². The lowest BCUT2D eigenvalue weighted by molar-refractivity contribution is -0.148. The molecule has 3 aromatic rings. The van der Waals surface area contributed by atoms with E-state index in [-0.39, 0.29) is 5.89 Å². The van der Waals surface area contributed by atoms with Crippen LogP contribution in [0.2, 0.25) is 5.02 Å². The molecule has 0 unspecified atom stereocenters. The average Bonchev–Trinajstić information content (AvgIpc) is 3.03. The summed E-state index contributed by atoms with van der Waals surface area (Å²) in [5, 5.41) is 7.13. The maximum atomic E-state index is 11.9. The SMILES string of the molecule is Cc1cc(Cl)ccc1NC(=O)COC(=O)Cn1nc(-c2ccccc2)oc1=O. The summed E-state index contributed by atoms with van der Waals surface area (Å²) < 4.78 is 10.8. The lowest BCUT2D eigenvalue weighted by atomic mass is 10.2. The van der Waals surface area contributed by atoms with Gasteiger partial charge in [0.05, 0.1) is 0 Å². The Balaban J connectivity index is 1.55. The normalized spacial score (nSPS) is 10.5. The zero-order valence-electron chi connectivity index (χ0n) is 14.8. The highest BCUT2D eigenvalue weighted by atomic mass is 35.5. The average molecular weight is 402 g/mol. The van der Waals surface area contributed by atoms with Crippen molar-refractivity contribution in [2.45, 2.75) is 13.5 Å². The first-order valence-corrected chi connectivity index (χ1v) is 8.65. The molecule has 0 saturated heterocycles. The quantitative estimate of drug-likeness (QED) is 0.637. The molecule has 1 aromatic heterocycles. The van der Waals surface area contributed by atoms with Crippen LogP contribution in [0.25, 0.3) is 11.5 Å². The summed E-state index contributed by atoms with van der Waals surface area (Å²) in [6, 6.07) is 13.8. The van der Waals surface area contributed by atoms with E-state index in [0.717, 1.165) is 10.2 Å². The summed E-state index contributed by atoms with van der Waals surface area (Å²) in [4.78, 5) is 35.7. The Bertz CT molecular complexity index is 1060. The summed E-state index contributed by atoms with van der Waals surface area (Å²) in [7, 11) is 0. The Morgan fingerprint density at radius 2 is 1.96 bits per heavy atom. The highest BCUT2D eigenvalue weighted by molar-refractivity contribution is 6.30. The Morgan fingerprint density at radius 3 is 2.68 bits per heavy atom. The van der Waals surface area contributed by atoms with Crippen LogP contribution in [0.3, 0.4) is 0 Å². The van der Waals surface area contributed by atoms with Gasteiger partial charge < -0.3 is 14.5 Å². The number of nitrogens with zero attached hydrogens (tertiary/aromatic N) is 2. The van der Waals surface area contributed by atoms with Crippen molar-refractivity contribution < 1.29 is 18.7 Å². The summed E-state index contributed by atoms with van der Waals surface area (Å²) in [5.74, 6) is -2.01. The van der Waals surface area contributed by atoms with Gasteiger partial charge in [0.15, 0.2) is 6.61 Å². The van der Waals surface area contributed by atoms with E-state index >= 15 is 0 Å². The molecule has 0 saturated carbocycles. The van der Waals surface area contributed by atoms with Crippen LogP contribution in [0.4, 0.5) is 5.69 Å². The van der Waals surface area contributed by atoms with Crippen LogP contribution in [0, 0.1) is 6.92 Å². The van der Waals surface area contributed by atoms with Crippen molar-refractivity contribution in [2.75, 3.05) is 11.9 Å². The van der Waals surface area contributed by atoms with Gasteiger partial charge in [-0.05, 0) is 42.8 Å². The molecule has 1 N–H and O–H groups in total. The third-order valence-corrected chi connectivity index (χ3v) is 3.97. The van der Waals surface area contributed by atoms with E-state index in [1.807, 2.05) is 6.07 Å². The third-order valence-electron chi connectivity index (χ3n) is 3.73. The zero-order valence-corrected chi connectivity index (χ0v) is 15.6. The molecule has 0 radical (unpaired) electrons.